The van der Waals surface area contributed by atoms with Crippen LogP contribution in [0.3, 0.4) is 0 Å². The van der Waals surface area contributed by atoms with Gasteiger partial charge in [0.15, 0.2) is 0 Å². The molecule has 4 amide bonds. The van der Waals surface area contributed by atoms with Crippen LogP contribution >= 0.6 is 0 Å². The number of carbonyl (C=O) groups excluding carboxylic acids is 4. The Balaban J connectivity index is 0.000000169. The van der Waals surface area contributed by atoms with Crippen molar-refractivity contribution < 1.29 is 56.3 Å². The van der Waals surface area contributed by atoms with Crippen LogP contribution in [-0.4, -0.2) is 109 Å². The number of ether oxygens (including phenoxy) is 2. The van der Waals surface area contributed by atoms with Crippen LogP contribution in [0.15, 0.2) is 146 Å². The zero-order chi connectivity index (χ0) is 53.6. The van der Waals surface area contributed by atoms with E-state index >= 15 is 0 Å². The molecule has 4 atom stereocenters. The maximum atomic E-state index is 13.6. The first kappa shape index (κ1) is 52.6. The summed E-state index contributed by atoms with van der Waals surface area (Å²) in [5.74, 6) is -9.46. The van der Waals surface area contributed by atoms with E-state index in [0.717, 1.165) is 38.6 Å². The molecule has 2 aliphatic heterocycles. The number of rotatable bonds is 12. The van der Waals surface area contributed by atoms with Gasteiger partial charge >= 0.3 is 19.0 Å². The Hall–Kier alpha value is -8.70. The van der Waals surface area contributed by atoms with Crippen molar-refractivity contribution in [2.45, 2.75) is 62.7 Å². The van der Waals surface area contributed by atoms with E-state index < -0.39 is 54.9 Å². The Morgan fingerprint density at radius 1 is 0.640 bits per heavy atom. The fraction of sp³-hybridized carbons (Fsp3) is 0.231. The molecule has 5 N–H and O–H groups in total. The number of methoxy groups -OCH3 is 2. The molecule has 2 unspecified atom stereocenters. The van der Waals surface area contributed by atoms with E-state index in [4.69, 9.17) is 19.5 Å². The van der Waals surface area contributed by atoms with Gasteiger partial charge in [0, 0.05) is 66.6 Å². The number of fused-ring (bicyclic) bond motifs is 2. The van der Waals surface area contributed by atoms with Crippen LogP contribution in [0.5, 0.6) is 11.8 Å². The minimum Gasteiger partial charge on any atom is -0.481 e. The summed E-state index contributed by atoms with van der Waals surface area (Å²) in [6, 6.07) is 32.8. The average Bonchev–Trinajstić information content (AvgIpc) is 4.20. The highest BCUT2D eigenvalue weighted by Crippen LogP contribution is 2.40. The molecular weight excluding hydrogens is 979 g/mol. The van der Waals surface area contributed by atoms with Crippen LogP contribution in [0.1, 0.15) is 49.9 Å². The second kappa shape index (κ2) is 22.2. The maximum Gasteiger partial charge on any atom is 0.490 e. The fourth-order valence-corrected chi connectivity index (χ4v) is 8.73. The van der Waals surface area contributed by atoms with Crippen molar-refractivity contribution in [2.24, 2.45) is 0 Å². The van der Waals surface area contributed by atoms with Crippen molar-refractivity contribution in [3.8, 4) is 17.4 Å². The first-order chi connectivity index (χ1) is 35.8. The predicted octanol–water partition coefficient (Wildman–Crippen LogP) is 6.00. The summed E-state index contributed by atoms with van der Waals surface area (Å²) in [6.07, 6.45) is 6.15. The molecule has 2 saturated heterocycles. The molecule has 0 radical (unpaired) electrons. The number of H-pyrrole nitrogens is 1. The molecule has 18 nitrogen and oxygen atoms in total. The van der Waals surface area contributed by atoms with E-state index in [1.54, 1.807) is 82.6 Å². The number of nitrogens with zero attached hydrogens (tertiary/aromatic N) is 7. The molecular formula is C52H49BF4N10O8. The zero-order valence-corrected chi connectivity index (χ0v) is 40.6. The summed E-state index contributed by atoms with van der Waals surface area (Å²) in [5, 5.41) is 35.0. The monoisotopic (exact) mass is 1030 g/mol. The van der Waals surface area contributed by atoms with E-state index in [2.05, 4.69) is 35.9 Å². The van der Waals surface area contributed by atoms with Gasteiger partial charge in [-0.2, -0.15) is 27.8 Å². The Labute approximate surface area is 426 Å². The fourth-order valence-electron chi connectivity index (χ4n) is 8.73. The van der Waals surface area contributed by atoms with Crippen LogP contribution in [0.2, 0.25) is 0 Å². The van der Waals surface area contributed by atoms with E-state index in [1.165, 1.54) is 19.4 Å². The Bertz CT molecular complexity index is 3290. The second-order valence-electron chi connectivity index (χ2n) is 17.6. The van der Waals surface area contributed by atoms with Gasteiger partial charge in [-0.25, -0.2) is 14.6 Å². The number of pyridine rings is 2. The molecule has 0 saturated carbocycles. The number of hydrogen-bond acceptors (Lipinski definition) is 12. The van der Waals surface area contributed by atoms with Crippen molar-refractivity contribution in [3.05, 3.63) is 157 Å². The van der Waals surface area contributed by atoms with E-state index in [0.29, 0.717) is 42.4 Å². The molecule has 386 valence electrons. The molecule has 8 aromatic rings. The van der Waals surface area contributed by atoms with Crippen LogP contribution < -0.4 is 35.4 Å². The van der Waals surface area contributed by atoms with Gasteiger partial charge < -0.3 is 40.0 Å². The van der Waals surface area contributed by atoms with Crippen molar-refractivity contribution in [1.82, 2.24) is 40.6 Å². The highest BCUT2D eigenvalue weighted by molar-refractivity contribution is 6.58. The Morgan fingerprint density at radius 3 is 1.60 bits per heavy atom. The Kier molecular flexibility index (Phi) is 15.6. The summed E-state index contributed by atoms with van der Waals surface area (Å²) in [7, 11) is 1.57. The number of amides is 4. The molecule has 0 bridgehead atoms. The van der Waals surface area contributed by atoms with E-state index in [1.807, 2.05) is 72.8 Å². The number of hydrogen-bond donors (Lipinski definition) is 5. The molecule has 75 heavy (non-hydrogen) atoms. The molecule has 10 rings (SSSR count). The van der Waals surface area contributed by atoms with E-state index in [-0.39, 0.29) is 24.7 Å². The first-order valence-electron chi connectivity index (χ1n) is 23.2. The highest BCUT2D eigenvalue weighted by Gasteiger charge is 2.46. The third-order valence-corrected chi connectivity index (χ3v) is 12.3. The lowest BCUT2D eigenvalue weighted by molar-refractivity contribution is -0.144. The molecule has 4 aromatic carbocycles. The lowest BCUT2D eigenvalue weighted by Gasteiger charge is -2.29. The van der Waals surface area contributed by atoms with Crippen LogP contribution in [-0.2, 0) is 19.2 Å². The summed E-state index contributed by atoms with van der Waals surface area (Å²) in [5.41, 5.74) is 5.39. The van der Waals surface area contributed by atoms with E-state index in [9.17, 15) is 36.7 Å². The number of benzene rings is 4. The van der Waals surface area contributed by atoms with Crippen molar-refractivity contribution in [3.63, 3.8) is 0 Å². The normalized spacial score (nSPS) is 17.5. The predicted molar refractivity (Wildman–Crippen MR) is 270 cm³/mol. The van der Waals surface area contributed by atoms with Crippen LogP contribution in [0.25, 0.3) is 27.5 Å². The van der Waals surface area contributed by atoms with Gasteiger partial charge in [0.2, 0.25) is 23.6 Å². The molecule has 6 heterocycles. The number of anilines is 2. The number of aromatic amines is 1. The zero-order valence-electron chi connectivity index (χ0n) is 40.6. The lowest BCUT2D eigenvalue weighted by Crippen LogP contribution is -2.46. The van der Waals surface area contributed by atoms with Gasteiger partial charge in [-0.15, -0.1) is 0 Å². The summed E-state index contributed by atoms with van der Waals surface area (Å²) < 4.78 is 65.8. The summed E-state index contributed by atoms with van der Waals surface area (Å²) in [4.78, 5) is 61.1. The quantitative estimate of drug-likeness (QED) is 0.0702. The SMILES string of the molecule is CC(F)(F)C(=O)N[C@H]1CC(=O)N(c2ccc3[nH]ncc3c2)C1c1ccccc1.COc1ccc(-n2ncc3cc(N4C(=O)C[C@H](NC(=O)C(C)(F)F)C4c4ccccc4)ccc32)cn1.COc1ccc(B(O)O)cn1. The van der Waals surface area contributed by atoms with Gasteiger partial charge in [-0.1, -0.05) is 66.7 Å². The number of aromatic nitrogens is 6. The van der Waals surface area contributed by atoms with Crippen molar-refractivity contribution in [2.75, 3.05) is 24.0 Å². The standard InChI is InChI=1S/C26H23F2N5O3.C20H18F2N4O2.C6H8BNO3/c1-26(27,28)25(35)31-20-13-23(34)32(24(20)16-6-4-3-5-7-16)18-8-10-21-17(12-18)14-30-33(21)19-9-11-22(36-2)29-15-19;1-20(21,22)19(28)24-16-10-17(27)26(18(16)12-5-3-2-4-6-12)14-7-8-15-13(9-14)11-23-25-15;1-11-6-3-2-5(4-8-6)7(9)10/h3-12,14-15,20,24H,13H2,1-2H3,(H,31,35);2-9,11,16,18H,10H2,1H3,(H,23,25)(H,24,28);2-4,9-10H,1H3/t20-,24?;16-,18?;/m00./s1. The molecule has 2 fully saturated rings. The summed E-state index contributed by atoms with van der Waals surface area (Å²) in [6.45, 7) is 1.08. The molecule has 23 heteroatoms. The van der Waals surface area contributed by atoms with Gasteiger partial charge in [0.1, 0.15) is 0 Å². The minimum atomic E-state index is -3.55. The minimum absolute atomic E-state index is 0.0647. The van der Waals surface area contributed by atoms with Crippen molar-refractivity contribution >= 4 is 69.4 Å². The largest absolute Gasteiger partial charge is 0.490 e. The highest BCUT2D eigenvalue weighted by atomic mass is 19.3. The van der Waals surface area contributed by atoms with Crippen LogP contribution in [0, 0.1) is 0 Å². The third-order valence-electron chi connectivity index (χ3n) is 12.3. The number of alkyl halides is 4. The smallest absolute Gasteiger partial charge is 0.481 e. The maximum absolute atomic E-state index is 13.6. The number of carbonyl (C=O) groups is 4. The van der Waals surface area contributed by atoms with Gasteiger partial charge in [-0.05, 0) is 59.7 Å². The van der Waals surface area contributed by atoms with Crippen molar-refractivity contribution in [1.29, 1.82) is 0 Å². The number of halogens is 4. The number of nitrogens with one attached hydrogen (secondary N) is 3. The topological polar surface area (TPSA) is 230 Å². The van der Waals surface area contributed by atoms with Crippen LogP contribution in [0.4, 0.5) is 28.9 Å². The van der Waals surface area contributed by atoms with Gasteiger partial charge in [0.25, 0.3) is 11.8 Å². The molecule has 0 spiro atoms. The third kappa shape index (κ3) is 11.9. The summed E-state index contributed by atoms with van der Waals surface area (Å²) >= 11 is 0. The lowest BCUT2D eigenvalue weighted by atomic mass is 9.82. The van der Waals surface area contributed by atoms with Gasteiger partial charge in [0.05, 0.1) is 73.7 Å². The molecule has 4 aromatic heterocycles. The van der Waals surface area contributed by atoms with Gasteiger partial charge in [-0.3, -0.25) is 24.3 Å². The average molecular weight is 1030 g/mol. The molecule has 2 aliphatic rings. The molecule has 0 aliphatic carbocycles. The Morgan fingerprint density at radius 2 is 1.13 bits per heavy atom. The second-order valence-corrected chi connectivity index (χ2v) is 17.6. The first-order valence-corrected chi connectivity index (χ1v) is 23.2.